The average Bonchev–Trinajstić information content (AvgIpc) is 3.63. The van der Waals surface area contributed by atoms with Gasteiger partial charge in [-0.3, -0.25) is 19.3 Å². The van der Waals surface area contributed by atoms with E-state index < -0.39 is 0 Å². The van der Waals surface area contributed by atoms with Crippen LogP contribution in [0.2, 0.25) is 0 Å². The number of esters is 3. The molecule has 8 heteroatoms. The topological polar surface area (TPSA) is 94.2 Å². The van der Waals surface area contributed by atoms with Crippen LogP contribution in [0.25, 0.3) is 0 Å². The number of nitrogens with one attached hydrogen (secondary N) is 1. The molecule has 290 valence electrons. The minimum Gasteiger partial charge on any atom is -0.462 e. The lowest BCUT2D eigenvalue weighted by Gasteiger charge is -2.19. The third kappa shape index (κ3) is 30.6. The van der Waals surface area contributed by atoms with Crippen molar-refractivity contribution < 1.29 is 28.6 Å². The van der Waals surface area contributed by atoms with Gasteiger partial charge >= 0.3 is 17.9 Å². The molecule has 8 nitrogen and oxygen atoms in total. The molecule has 0 aromatic carbocycles. The van der Waals surface area contributed by atoms with Crippen LogP contribution in [0.5, 0.6) is 0 Å². The summed E-state index contributed by atoms with van der Waals surface area (Å²) in [6, 6.07) is 0. The van der Waals surface area contributed by atoms with E-state index >= 15 is 0 Å². The van der Waals surface area contributed by atoms with E-state index in [-0.39, 0.29) is 24.0 Å². The molecule has 1 fully saturated rings. The molecule has 1 N–H and O–H groups in total. The molecule has 1 heterocycles. The molecule has 0 aromatic heterocycles. The first-order chi connectivity index (χ1) is 24.5. The third-order valence-electron chi connectivity index (χ3n) is 9.37. The van der Waals surface area contributed by atoms with Crippen molar-refractivity contribution in [2.75, 3.05) is 39.5 Å². The molecule has 0 spiro atoms. The van der Waals surface area contributed by atoms with Gasteiger partial charge in [-0.1, -0.05) is 115 Å². The van der Waals surface area contributed by atoms with Crippen LogP contribution in [-0.2, 0) is 28.6 Å². The van der Waals surface area contributed by atoms with E-state index in [9.17, 15) is 14.4 Å². The molecule has 0 atom stereocenters. The Morgan fingerprint density at radius 1 is 0.580 bits per heavy atom. The van der Waals surface area contributed by atoms with Gasteiger partial charge in [-0.15, -0.1) is 0 Å². The molecule has 0 aliphatic carbocycles. The standard InChI is InChI=1S/C42H76N2O6/c1-3-5-7-9-11-19-25-36-48-40(45)30-23-17-13-15-21-28-39(50-42(47)32-27-34-44-35-33-43-38-44)29-22-16-14-18-24-31-41(46)49-37-26-20-12-10-8-6-4-2/h19-20,25-26,39,43H,3-18,21-24,27-38H2,1-2H3/b25-19-,26-20-. The molecule has 1 rings (SSSR count). The predicted molar refractivity (Wildman–Crippen MR) is 206 cm³/mol. The second kappa shape index (κ2) is 35.2. The van der Waals surface area contributed by atoms with E-state index in [2.05, 4.69) is 36.2 Å². The van der Waals surface area contributed by atoms with Crippen LogP contribution in [0.1, 0.15) is 181 Å². The Morgan fingerprint density at radius 2 is 1.06 bits per heavy atom. The second-order valence-corrected chi connectivity index (χ2v) is 14.1. The van der Waals surface area contributed by atoms with Crippen LogP contribution in [0.15, 0.2) is 24.3 Å². The van der Waals surface area contributed by atoms with Gasteiger partial charge in [0.2, 0.25) is 0 Å². The van der Waals surface area contributed by atoms with Crippen molar-refractivity contribution in [3.8, 4) is 0 Å². The minimum absolute atomic E-state index is 0.0275. The Balaban J connectivity index is 2.19. The number of ether oxygens (including phenoxy) is 3. The maximum Gasteiger partial charge on any atom is 0.306 e. The van der Waals surface area contributed by atoms with Gasteiger partial charge in [-0.25, -0.2) is 0 Å². The zero-order valence-corrected chi connectivity index (χ0v) is 32.4. The van der Waals surface area contributed by atoms with Gasteiger partial charge in [0.1, 0.15) is 19.3 Å². The van der Waals surface area contributed by atoms with Crippen molar-refractivity contribution in [2.24, 2.45) is 0 Å². The number of hydrogen-bond acceptors (Lipinski definition) is 8. The van der Waals surface area contributed by atoms with Crippen LogP contribution in [-0.4, -0.2) is 68.4 Å². The van der Waals surface area contributed by atoms with Crippen LogP contribution in [0, 0.1) is 0 Å². The molecule has 0 aromatic rings. The van der Waals surface area contributed by atoms with E-state index in [1.165, 1.54) is 51.4 Å². The molecule has 0 unspecified atom stereocenters. The molecule has 0 radical (unpaired) electrons. The highest BCUT2D eigenvalue weighted by molar-refractivity contribution is 5.70. The predicted octanol–water partition coefficient (Wildman–Crippen LogP) is 10.1. The minimum atomic E-state index is -0.107. The largest absolute Gasteiger partial charge is 0.462 e. The Kier molecular flexibility index (Phi) is 32.3. The highest BCUT2D eigenvalue weighted by atomic mass is 16.5. The van der Waals surface area contributed by atoms with Crippen LogP contribution in [0.3, 0.4) is 0 Å². The maximum absolute atomic E-state index is 12.7. The number of carbonyl (C=O) groups is 3. The van der Waals surface area contributed by atoms with E-state index in [4.69, 9.17) is 14.2 Å². The Labute approximate surface area is 306 Å². The molecule has 1 aliphatic rings. The molecule has 0 saturated carbocycles. The van der Waals surface area contributed by atoms with Crippen molar-refractivity contribution in [1.29, 1.82) is 0 Å². The zero-order valence-electron chi connectivity index (χ0n) is 32.4. The monoisotopic (exact) mass is 705 g/mol. The summed E-state index contributed by atoms with van der Waals surface area (Å²) < 4.78 is 16.6. The molecular formula is C42H76N2O6. The summed E-state index contributed by atoms with van der Waals surface area (Å²) in [6.45, 7) is 9.11. The summed E-state index contributed by atoms with van der Waals surface area (Å²) in [4.78, 5) is 39.1. The first-order valence-electron chi connectivity index (χ1n) is 20.8. The summed E-state index contributed by atoms with van der Waals surface area (Å²) in [7, 11) is 0. The lowest BCUT2D eigenvalue weighted by Crippen LogP contribution is -2.24. The third-order valence-corrected chi connectivity index (χ3v) is 9.37. The van der Waals surface area contributed by atoms with E-state index in [0.29, 0.717) is 32.5 Å². The van der Waals surface area contributed by atoms with Crippen molar-refractivity contribution in [3.63, 3.8) is 0 Å². The Hall–Kier alpha value is -2.19. The number of rotatable bonds is 35. The van der Waals surface area contributed by atoms with Gasteiger partial charge in [0.05, 0.1) is 0 Å². The van der Waals surface area contributed by atoms with E-state index in [1.54, 1.807) is 0 Å². The quantitative estimate of drug-likeness (QED) is 0.0302. The molecule has 50 heavy (non-hydrogen) atoms. The van der Waals surface area contributed by atoms with E-state index in [1.807, 2.05) is 12.2 Å². The second-order valence-electron chi connectivity index (χ2n) is 14.1. The first kappa shape index (κ1) is 45.8. The first-order valence-corrected chi connectivity index (χ1v) is 20.8. The fraction of sp³-hybridized carbons (Fsp3) is 0.833. The lowest BCUT2D eigenvalue weighted by atomic mass is 10.0. The van der Waals surface area contributed by atoms with Gasteiger partial charge < -0.3 is 19.5 Å². The highest BCUT2D eigenvalue weighted by Crippen LogP contribution is 2.18. The number of unbranched alkanes of at least 4 members (excludes halogenated alkanes) is 16. The van der Waals surface area contributed by atoms with E-state index in [0.717, 1.165) is 123 Å². The normalized spacial score (nSPS) is 13.6. The number of hydrogen-bond donors (Lipinski definition) is 1. The van der Waals surface area contributed by atoms with Crippen molar-refractivity contribution in [1.82, 2.24) is 10.2 Å². The Morgan fingerprint density at radius 3 is 1.56 bits per heavy atom. The van der Waals surface area contributed by atoms with Gasteiger partial charge in [0.15, 0.2) is 0 Å². The number of allylic oxidation sites excluding steroid dienone is 2. The van der Waals surface area contributed by atoms with Gasteiger partial charge in [-0.05, 0) is 77.2 Å². The lowest BCUT2D eigenvalue weighted by molar-refractivity contribution is -0.150. The zero-order chi connectivity index (χ0) is 36.2. The maximum atomic E-state index is 12.7. The SMILES string of the molecule is CCCCCC/C=C\COC(=O)CCCCCCCC(CCCCCCCC(=O)OC/C=C\CCCCCC)OC(=O)CCCN1CCNC1. The van der Waals surface area contributed by atoms with Crippen LogP contribution in [0.4, 0.5) is 0 Å². The highest BCUT2D eigenvalue weighted by Gasteiger charge is 2.16. The summed E-state index contributed by atoms with van der Waals surface area (Å²) in [5.74, 6) is -0.286. The molecular weight excluding hydrogens is 628 g/mol. The molecule has 0 bridgehead atoms. The number of nitrogens with zero attached hydrogens (tertiary/aromatic N) is 1. The molecule has 1 aliphatic heterocycles. The summed E-state index contributed by atoms with van der Waals surface area (Å²) in [6.07, 6.45) is 34.5. The van der Waals surface area contributed by atoms with Crippen molar-refractivity contribution in [3.05, 3.63) is 24.3 Å². The number of carbonyl (C=O) groups excluding carboxylic acids is 3. The summed E-state index contributed by atoms with van der Waals surface area (Å²) in [5, 5.41) is 3.33. The fourth-order valence-electron chi connectivity index (χ4n) is 6.22. The fourth-order valence-corrected chi connectivity index (χ4v) is 6.22. The van der Waals surface area contributed by atoms with Gasteiger partial charge in [0, 0.05) is 39.0 Å². The molecule has 0 amide bonds. The smallest absolute Gasteiger partial charge is 0.306 e. The van der Waals surface area contributed by atoms with Crippen molar-refractivity contribution >= 4 is 17.9 Å². The Bertz CT molecular complexity index is 818. The van der Waals surface area contributed by atoms with Gasteiger partial charge in [-0.2, -0.15) is 0 Å². The van der Waals surface area contributed by atoms with Crippen LogP contribution >= 0.6 is 0 Å². The summed E-state index contributed by atoms with van der Waals surface area (Å²) >= 11 is 0. The molecule has 1 saturated heterocycles. The average molecular weight is 705 g/mol. The summed E-state index contributed by atoms with van der Waals surface area (Å²) in [5.41, 5.74) is 0. The van der Waals surface area contributed by atoms with Crippen molar-refractivity contribution in [2.45, 2.75) is 187 Å². The van der Waals surface area contributed by atoms with Gasteiger partial charge in [0.25, 0.3) is 0 Å². The van der Waals surface area contributed by atoms with Crippen LogP contribution < -0.4 is 5.32 Å².